The monoisotopic (exact) mass is 363 g/mol. The number of rotatable bonds is 4. The van der Waals surface area contributed by atoms with Crippen LogP contribution in [0.3, 0.4) is 0 Å². The lowest BCUT2D eigenvalue weighted by atomic mass is 10.1. The van der Waals surface area contributed by atoms with E-state index in [1.807, 2.05) is 5.10 Å². The zero-order valence-electron chi connectivity index (χ0n) is 13.3. The topological polar surface area (TPSA) is 88.1 Å². The molecule has 0 unspecified atom stereocenters. The predicted octanol–water partition coefficient (Wildman–Crippen LogP) is 4.29. The molecule has 0 aliphatic rings. The Kier molecular flexibility index (Phi) is 4.37. The Morgan fingerprint density at radius 2 is 1.96 bits per heavy atom. The first-order chi connectivity index (χ1) is 12.3. The van der Waals surface area contributed by atoms with E-state index in [0.29, 0.717) is 11.3 Å². The lowest BCUT2D eigenvalue weighted by Gasteiger charge is -2.11. The van der Waals surface area contributed by atoms with Crippen molar-refractivity contribution in [3.63, 3.8) is 0 Å². The van der Waals surface area contributed by atoms with Gasteiger partial charge in [0.15, 0.2) is 0 Å². The van der Waals surface area contributed by atoms with Crippen LogP contribution in [0.1, 0.15) is 21.6 Å². The van der Waals surface area contributed by atoms with Crippen molar-refractivity contribution in [3.05, 3.63) is 59.4 Å². The Bertz CT molecular complexity index is 967. The molecular formula is C17H12F3N3O3. The number of hydrogen-bond donors (Lipinski definition) is 2. The van der Waals surface area contributed by atoms with E-state index in [0.717, 1.165) is 6.07 Å². The summed E-state index contributed by atoms with van der Waals surface area (Å²) in [7, 11) is 0. The zero-order chi connectivity index (χ0) is 18.9. The van der Waals surface area contributed by atoms with Crippen LogP contribution in [0.4, 0.5) is 13.2 Å². The van der Waals surface area contributed by atoms with Gasteiger partial charge in [0.1, 0.15) is 22.9 Å². The average molecular weight is 363 g/mol. The van der Waals surface area contributed by atoms with Crippen molar-refractivity contribution in [2.24, 2.45) is 0 Å². The first kappa shape index (κ1) is 17.5. The molecule has 0 spiro atoms. The Morgan fingerprint density at radius 1 is 1.19 bits per heavy atom. The molecule has 0 saturated heterocycles. The molecule has 0 amide bonds. The minimum Gasteiger partial charge on any atom is -0.478 e. The molecule has 2 heterocycles. The van der Waals surface area contributed by atoms with Crippen molar-refractivity contribution in [3.8, 4) is 22.9 Å². The third-order valence-electron chi connectivity index (χ3n) is 3.62. The summed E-state index contributed by atoms with van der Waals surface area (Å²) in [4.78, 5) is 15.2. The summed E-state index contributed by atoms with van der Waals surface area (Å²) in [5.74, 6) is -0.475. The normalized spacial score (nSPS) is 11.4. The summed E-state index contributed by atoms with van der Waals surface area (Å²) < 4.78 is 43.7. The number of nitrogens with zero attached hydrogens (tertiary/aromatic N) is 2. The fourth-order valence-corrected chi connectivity index (χ4v) is 2.30. The lowest BCUT2D eigenvalue weighted by Crippen LogP contribution is -2.04. The van der Waals surface area contributed by atoms with Crippen LogP contribution in [0, 0.1) is 6.92 Å². The second-order valence-corrected chi connectivity index (χ2v) is 5.38. The van der Waals surface area contributed by atoms with E-state index in [1.54, 1.807) is 13.0 Å². The number of carbonyl (C=O) groups is 1. The fourth-order valence-electron chi connectivity index (χ4n) is 2.30. The van der Waals surface area contributed by atoms with Crippen molar-refractivity contribution >= 4 is 5.97 Å². The molecule has 2 N–H and O–H groups in total. The highest BCUT2D eigenvalue weighted by Crippen LogP contribution is 2.32. The maximum Gasteiger partial charge on any atom is 0.432 e. The van der Waals surface area contributed by atoms with Crippen molar-refractivity contribution in [1.82, 2.24) is 15.2 Å². The minimum atomic E-state index is -4.53. The molecule has 3 rings (SSSR count). The van der Waals surface area contributed by atoms with Crippen LogP contribution in [0.25, 0.3) is 11.4 Å². The van der Waals surface area contributed by atoms with E-state index in [-0.39, 0.29) is 22.7 Å². The van der Waals surface area contributed by atoms with Gasteiger partial charge in [-0.15, -0.1) is 0 Å². The highest BCUT2D eigenvalue weighted by molar-refractivity contribution is 5.90. The molecule has 0 atom stereocenters. The number of aromatic amines is 1. The van der Waals surface area contributed by atoms with E-state index < -0.39 is 17.8 Å². The van der Waals surface area contributed by atoms with E-state index in [4.69, 9.17) is 9.84 Å². The maximum atomic E-state index is 12.7. The second kappa shape index (κ2) is 6.51. The minimum absolute atomic E-state index is 0.0128. The molecule has 0 saturated carbocycles. The maximum absolute atomic E-state index is 12.7. The molecule has 1 aromatic carbocycles. The van der Waals surface area contributed by atoms with Gasteiger partial charge in [-0.25, -0.2) is 4.79 Å². The molecule has 2 aromatic heterocycles. The molecule has 6 nitrogen and oxygen atoms in total. The van der Waals surface area contributed by atoms with Gasteiger partial charge in [-0.05, 0) is 31.2 Å². The summed E-state index contributed by atoms with van der Waals surface area (Å²) in [6.45, 7) is 1.60. The Labute approximate surface area is 145 Å². The summed E-state index contributed by atoms with van der Waals surface area (Å²) in [5, 5.41) is 14.7. The van der Waals surface area contributed by atoms with Crippen LogP contribution in [-0.2, 0) is 6.18 Å². The van der Waals surface area contributed by atoms with Crippen molar-refractivity contribution in [2.45, 2.75) is 13.1 Å². The van der Waals surface area contributed by atoms with E-state index in [2.05, 4.69) is 10.1 Å². The number of H-pyrrole nitrogens is 1. The number of alkyl halides is 3. The number of aromatic nitrogens is 3. The Balaban J connectivity index is 1.90. The average Bonchev–Trinajstić information content (AvgIpc) is 3.07. The number of halogens is 3. The van der Waals surface area contributed by atoms with Gasteiger partial charge in [-0.2, -0.15) is 18.3 Å². The smallest absolute Gasteiger partial charge is 0.432 e. The van der Waals surface area contributed by atoms with Crippen molar-refractivity contribution in [1.29, 1.82) is 0 Å². The van der Waals surface area contributed by atoms with E-state index in [9.17, 15) is 18.0 Å². The van der Waals surface area contributed by atoms with Crippen LogP contribution in [0.2, 0.25) is 0 Å². The van der Waals surface area contributed by atoms with Crippen molar-refractivity contribution in [2.75, 3.05) is 0 Å². The number of benzene rings is 1. The number of ether oxygens (including phenoxy) is 1. The predicted molar refractivity (Wildman–Crippen MR) is 85.0 cm³/mol. The molecule has 26 heavy (non-hydrogen) atoms. The van der Waals surface area contributed by atoms with Gasteiger partial charge in [-0.1, -0.05) is 6.07 Å². The van der Waals surface area contributed by atoms with Crippen LogP contribution in [-0.4, -0.2) is 26.3 Å². The van der Waals surface area contributed by atoms with Gasteiger partial charge in [0.05, 0.1) is 11.3 Å². The van der Waals surface area contributed by atoms with Crippen LogP contribution >= 0.6 is 0 Å². The molecule has 0 bridgehead atoms. The molecular weight excluding hydrogens is 351 g/mol. The fraction of sp³-hybridized carbons (Fsp3) is 0.118. The third-order valence-corrected chi connectivity index (χ3v) is 3.62. The number of carboxylic acids is 1. The Hall–Kier alpha value is -3.36. The van der Waals surface area contributed by atoms with E-state index >= 15 is 0 Å². The summed E-state index contributed by atoms with van der Waals surface area (Å²) in [6.07, 6.45) is -3.17. The van der Waals surface area contributed by atoms with Crippen LogP contribution in [0.15, 0.2) is 42.6 Å². The summed E-state index contributed by atoms with van der Waals surface area (Å²) in [6, 6.07) is 8.36. The van der Waals surface area contributed by atoms with Gasteiger partial charge >= 0.3 is 12.1 Å². The number of aromatic carboxylic acids is 1. The largest absolute Gasteiger partial charge is 0.478 e. The number of carboxylic acid groups (broad SMARTS) is 1. The highest BCUT2D eigenvalue weighted by atomic mass is 19.4. The van der Waals surface area contributed by atoms with E-state index in [1.165, 1.54) is 30.5 Å². The number of nitrogens with one attached hydrogen (secondary N) is 1. The summed E-state index contributed by atoms with van der Waals surface area (Å²) in [5.41, 5.74) is -0.262. The van der Waals surface area contributed by atoms with Crippen LogP contribution in [0.5, 0.6) is 11.5 Å². The number of pyridine rings is 1. The van der Waals surface area contributed by atoms with Crippen LogP contribution < -0.4 is 4.74 Å². The van der Waals surface area contributed by atoms with Crippen molar-refractivity contribution < 1.29 is 27.8 Å². The second-order valence-electron chi connectivity index (χ2n) is 5.38. The van der Waals surface area contributed by atoms with Gasteiger partial charge in [0.25, 0.3) is 0 Å². The van der Waals surface area contributed by atoms with Gasteiger partial charge < -0.3 is 9.84 Å². The Morgan fingerprint density at radius 3 is 2.62 bits per heavy atom. The summed E-state index contributed by atoms with van der Waals surface area (Å²) >= 11 is 0. The molecule has 0 aliphatic heterocycles. The molecule has 0 radical (unpaired) electrons. The zero-order valence-corrected chi connectivity index (χ0v) is 13.3. The standard InChI is InChI=1S/C17H12F3N3O3/c1-9-11(16(24)25)3-2-4-14(9)26-10-5-6-21-12(7-10)13-8-15(23-22-13)17(18,19)20/h2-8H,1H3,(H,22,23)(H,24,25). The molecule has 9 heteroatoms. The number of hydrogen-bond acceptors (Lipinski definition) is 4. The highest BCUT2D eigenvalue weighted by Gasteiger charge is 2.33. The molecule has 134 valence electrons. The molecule has 0 aliphatic carbocycles. The van der Waals surface area contributed by atoms with Gasteiger partial charge in [-0.3, -0.25) is 10.1 Å². The first-order valence-corrected chi connectivity index (χ1v) is 7.35. The third kappa shape index (κ3) is 3.51. The molecule has 3 aromatic rings. The SMILES string of the molecule is Cc1c(Oc2ccnc(-c3cc(C(F)(F)F)[nH]n3)c2)cccc1C(=O)O. The lowest BCUT2D eigenvalue weighted by molar-refractivity contribution is -0.141. The first-order valence-electron chi connectivity index (χ1n) is 7.35. The van der Waals surface area contributed by atoms with Gasteiger partial charge in [0, 0.05) is 17.8 Å². The van der Waals surface area contributed by atoms with Gasteiger partial charge in [0.2, 0.25) is 0 Å². The molecule has 0 fully saturated rings. The quantitative estimate of drug-likeness (QED) is 0.722.